The van der Waals surface area contributed by atoms with Gasteiger partial charge in [-0.3, -0.25) is 10.2 Å². The largest absolute Gasteiger partial charge is 0.494 e. The fourth-order valence-electron chi connectivity index (χ4n) is 4.76. The van der Waals surface area contributed by atoms with E-state index in [1.54, 1.807) is 25.0 Å². The highest BCUT2D eigenvalue weighted by molar-refractivity contribution is 6.06. The van der Waals surface area contributed by atoms with Crippen molar-refractivity contribution in [3.05, 3.63) is 46.3 Å². The van der Waals surface area contributed by atoms with E-state index >= 15 is 4.39 Å². The number of methoxy groups -OCH3 is 1. The van der Waals surface area contributed by atoms with Gasteiger partial charge in [-0.15, -0.1) is 0 Å². The van der Waals surface area contributed by atoms with Crippen LogP contribution in [0.3, 0.4) is 0 Å². The molecule has 0 atom stereocenters. The Morgan fingerprint density at radius 3 is 2.50 bits per heavy atom. The molecule has 2 aromatic carbocycles. The third kappa shape index (κ3) is 6.20. The lowest BCUT2D eigenvalue weighted by molar-refractivity contribution is 0.0962. The van der Waals surface area contributed by atoms with E-state index in [0.717, 1.165) is 36.3 Å². The van der Waals surface area contributed by atoms with E-state index in [2.05, 4.69) is 6.92 Å². The summed E-state index contributed by atoms with van der Waals surface area (Å²) >= 11 is 0. The summed E-state index contributed by atoms with van der Waals surface area (Å²) in [6.45, 7) is 7.13. The number of carbonyl (C=O) groups is 1. The summed E-state index contributed by atoms with van der Waals surface area (Å²) < 4.78 is 32.3. The highest BCUT2D eigenvalue weighted by Gasteiger charge is 2.33. The van der Waals surface area contributed by atoms with Crippen LogP contribution in [-0.4, -0.2) is 68.7 Å². The average Bonchev–Trinajstić information content (AvgIpc) is 3.22. The van der Waals surface area contributed by atoms with Gasteiger partial charge in [0.25, 0.3) is 0 Å². The molecular formula is C29H40FN3O5. The van der Waals surface area contributed by atoms with Crippen LogP contribution < -0.4 is 19.1 Å². The van der Waals surface area contributed by atoms with Gasteiger partial charge in [-0.1, -0.05) is 13.3 Å². The SMILES string of the molecule is CCCCc1cc(C(=O)CN2Cc3cc(OCC)c(OCC)c(F)c3C2=N)cc(N(C)CCCO)c1OC. The maximum atomic E-state index is 15.4. The molecule has 1 heterocycles. The van der Waals surface area contributed by atoms with Gasteiger partial charge in [0, 0.05) is 32.3 Å². The van der Waals surface area contributed by atoms with E-state index in [9.17, 15) is 9.90 Å². The molecule has 9 heteroatoms. The van der Waals surface area contributed by atoms with Crippen molar-refractivity contribution in [2.45, 2.75) is 53.0 Å². The maximum Gasteiger partial charge on any atom is 0.197 e. The van der Waals surface area contributed by atoms with Crippen molar-refractivity contribution in [1.29, 1.82) is 5.41 Å². The topological polar surface area (TPSA) is 95.3 Å². The second-order valence-corrected chi connectivity index (χ2v) is 9.34. The van der Waals surface area contributed by atoms with Crippen LogP contribution in [0.5, 0.6) is 17.2 Å². The van der Waals surface area contributed by atoms with Crippen molar-refractivity contribution in [1.82, 2.24) is 4.90 Å². The first-order chi connectivity index (χ1) is 18.3. The number of nitrogens with zero attached hydrogens (tertiary/aromatic N) is 2. The number of benzene rings is 2. The molecular weight excluding hydrogens is 489 g/mol. The monoisotopic (exact) mass is 529 g/mol. The number of amidine groups is 1. The zero-order chi connectivity index (χ0) is 27.8. The Balaban J connectivity index is 1.92. The molecule has 1 aliphatic heterocycles. The molecule has 0 fully saturated rings. The first-order valence-electron chi connectivity index (χ1n) is 13.3. The second-order valence-electron chi connectivity index (χ2n) is 9.34. The van der Waals surface area contributed by atoms with Crippen LogP contribution in [0, 0.1) is 11.2 Å². The quantitative estimate of drug-likeness (QED) is 0.320. The summed E-state index contributed by atoms with van der Waals surface area (Å²) in [5, 5.41) is 17.9. The molecule has 0 aromatic heterocycles. The normalized spacial score (nSPS) is 12.5. The molecule has 38 heavy (non-hydrogen) atoms. The number of rotatable bonds is 15. The van der Waals surface area contributed by atoms with Gasteiger partial charge in [0.2, 0.25) is 0 Å². The molecule has 0 spiro atoms. The molecule has 208 valence electrons. The third-order valence-corrected chi connectivity index (χ3v) is 6.64. The lowest BCUT2D eigenvalue weighted by Crippen LogP contribution is -2.31. The van der Waals surface area contributed by atoms with Crippen LogP contribution in [0.2, 0.25) is 0 Å². The number of aliphatic hydroxyl groups is 1. The smallest absolute Gasteiger partial charge is 0.197 e. The number of hydrogen-bond acceptors (Lipinski definition) is 7. The number of aryl methyl sites for hydroxylation is 1. The third-order valence-electron chi connectivity index (χ3n) is 6.64. The molecule has 0 amide bonds. The predicted octanol–water partition coefficient (Wildman–Crippen LogP) is 4.82. The maximum absolute atomic E-state index is 15.4. The number of unbranched alkanes of at least 4 members (excludes halogenated alkanes) is 1. The zero-order valence-electron chi connectivity index (χ0n) is 23.2. The fraction of sp³-hybridized carbons (Fsp3) is 0.517. The van der Waals surface area contributed by atoms with Gasteiger partial charge in [0.05, 0.1) is 38.1 Å². The average molecular weight is 530 g/mol. The first kappa shape index (κ1) is 29.2. The Morgan fingerprint density at radius 1 is 1.13 bits per heavy atom. The number of fused-ring (bicyclic) bond motifs is 1. The molecule has 8 nitrogen and oxygen atoms in total. The Bertz CT molecular complexity index is 1150. The van der Waals surface area contributed by atoms with E-state index in [1.807, 2.05) is 31.0 Å². The molecule has 0 aliphatic carbocycles. The number of ether oxygens (including phenoxy) is 3. The van der Waals surface area contributed by atoms with Gasteiger partial charge in [0.1, 0.15) is 11.6 Å². The molecule has 1 aliphatic rings. The van der Waals surface area contributed by atoms with Crippen LogP contribution in [0.1, 0.15) is 67.1 Å². The predicted molar refractivity (Wildman–Crippen MR) is 147 cm³/mol. The summed E-state index contributed by atoms with van der Waals surface area (Å²) in [4.78, 5) is 17.1. The molecule has 0 saturated heterocycles. The van der Waals surface area contributed by atoms with Crippen molar-refractivity contribution in [2.24, 2.45) is 0 Å². The van der Waals surface area contributed by atoms with Crippen LogP contribution in [0.15, 0.2) is 18.2 Å². The molecule has 0 bridgehead atoms. The Morgan fingerprint density at radius 2 is 1.87 bits per heavy atom. The number of aliphatic hydroxyl groups excluding tert-OH is 1. The summed E-state index contributed by atoms with van der Waals surface area (Å²) in [6, 6.07) is 5.38. The van der Waals surface area contributed by atoms with E-state index in [-0.39, 0.29) is 49.2 Å². The van der Waals surface area contributed by atoms with Crippen molar-refractivity contribution in [3.8, 4) is 17.2 Å². The van der Waals surface area contributed by atoms with E-state index < -0.39 is 5.82 Å². The van der Waals surface area contributed by atoms with Crippen LogP contribution in [0.4, 0.5) is 10.1 Å². The number of hydrogen-bond donors (Lipinski definition) is 2. The summed E-state index contributed by atoms with van der Waals surface area (Å²) in [6.07, 6.45) is 3.30. The van der Waals surface area contributed by atoms with Crippen LogP contribution in [-0.2, 0) is 13.0 Å². The zero-order valence-corrected chi connectivity index (χ0v) is 23.2. The molecule has 2 N–H and O–H groups in total. The lowest BCUT2D eigenvalue weighted by Gasteiger charge is -2.25. The van der Waals surface area contributed by atoms with Gasteiger partial charge < -0.3 is 29.1 Å². The lowest BCUT2D eigenvalue weighted by atomic mass is 9.99. The first-order valence-corrected chi connectivity index (χ1v) is 13.3. The molecule has 2 aromatic rings. The van der Waals surface area contributed by atoms with Gasteiger partial charge in [-0.25, -0.2) is 4.39 Å². The Kier molecular flexibility index (Phi) is 10.4. The number of ketones is 1. The molecule has 0 unspecified atom stereocenters. The van der Waals surface area contributed by atoms with Crippen LogP contribution in [0.25, 0.3) is 0 Å². The van der Waals surface area contributed by atoms with Gasteiger partial charge in [-0.2, -0.15) is 0 Å². The summed E-state index contributed by atoms with van der Waals surface area (Å²) in [5.41, 5.74) is 2.98. The number of nitrogens with one attached hydrogen (secondary N) is 1. The van der Waals surface area contributed by atoms with E-state index in [1.165, 1.54) is 0 Å². The minimum Gasteiger partial charge on any atom is -0.494 e. The highest BCUT2D eigenvalue weighted by atomic mass is 19.1. The molecule has 3 rings (SSSR count). The molecule has 0 radical (unpaired) electrons. The van der Waals surface area contributed by atoms with E-state index in [4.69, 9.17) is 19.6 Å². The Hall–Kier alpha value is -3.33. The van der Waals surface area contributed by atoms with Gasteiger partial charge >= 0.3 is 0 Å². The minimum absolute atomic E-state index is 0.00250. The van der Waals surface area contributed by atoms with Crippen LogP contribution >= 0.6 is 0 Å². The molecule has 0 saturated carbocycles. The van der Waals surface area contributed by atoms with Crippen molar-refractivity contribution in [3.63, 3.8) is 0 Å². The minimum atomic E-state index is -0.633. The summed E-state index contributed by atoms with van der Waals surface area (Å²) in [7, 11) is 3.53. The number of halogens is 1. The highest BCUT2D eigenvalue weighted by Crippen LogP contribution is 2.39. The number of anilines is 1. The number of carbonyl (C=O) groups excluding carboxylic acids is 1. The second kappa shape index (κ2) is 13.5. The Labute approximate surface area is 224 Å². The van der Waals surface area contributed by atoms with Gasteiger partial charge in [-0.05, 0) is 62.4 Å². The van der Waals surface area contributed by atoms with Crippen molar-refractivity contribution in [2.75, 3.05) is 52.0 Å². The fourth-order valence-corrected chi connectivity index (χ4v) is 4.76. The van der Waals surface area contributed by atoms with Crippen molar-refractivity contribution >= 4 is 17.3 Å². The van der Waals surface area contributed by atoms with E-state index in [0.29, 0.717) is 36.4 Å². The standard InChI is InChI=1S/C29H40FN3O5/c1-6-9-11-19-14-20(15-22(27(19)36-5)32(4)12-10-13-34)23(35)18-33-17-21-16-24(37-7-2)28(38-8-3)26(30)25(21)29(33)31/h14-16,31,34H,6-13,17-18H2,1-5H3. The van der Waals surface area contributed by atoms with Gasteiger partial charge in [0.15, 0.2) is 23.1 Å². The number of Topliss-reactive ketones (excluding diaryl/α,β-unsaturated/α-hetero) is 1. The van der Waals surface area contributed by atoms with Crippen molar-refractivity contribution < 1.29 is 28.5 Å². The summed E-state index contributed by atoms with van der Waals surface area (Å²) in [5.74, 6) is 0.179.